The first kappa shape index (κ1) is 32.7. The van der Waals surface area contributed by atoms with Crippen molar-refractivity contribution < 1.29 is 33.0 Å². The Bertz CT molecular complexity index is 476. The summed E-state index contributed by atoms with van der Waals surface area (Å²) in [5.74, 6) is -1.80. The van der Waals surface area contributed by atoms with Crippen LogP contribution in [0.3, 0.4) is 0 Å². The average Bonchev–Trinajstić information content (AvgIpc) is 2.84. The van der Waals surface area contributed by atoms with Gasteiger partial charge in [0.15, 0.2) is 6.29 Å². The predicted molar refractivity (Wildman–Crippen MR) is 134 cm³/mol. The van der Waals surface area contributed by atoms with Gasteiger partial charge in [-0.2, -0.15) is 0 Å². The van der Waals surface area contributed by atoms with Gasteiger partial charge in [-0.25, -0.2) is 0 Å². The first-order valence-corrected chi connectivity index (χ1v) is 14.7. The summed E-state index contributed by atoms with van der Waals surface area (Å²) < 4.78 is 32.8. The first-order valence-electron chi connectivity index (χ1n) is 13.1. The van der Waals surface area contributed by atoms with Crippen LogP contribution in [0.15, 0.2) is 0 Å². The minimum absolute atomic E-state index is 0.0918. The van der Waals surface area contributed by atoms with E-state index in [1.807, 2.05) is 0 Å². The second kappa shape index (κ2) is 23.4. The van der Waals surface area contributed by atoms with Gasteiger partial charge in [-0.3, -0.25) is 9.36 Å². The third-order valence-corrected chi connectivity index (χ3v) is 7.71. The molecular weight excluding hydrogens is 443 g/mol. The van der Waals surface area contributed by atoms with Crippen molar-refractivity contribution in [2.24, 2.45) is 0 Å². The summed E-state index contributed by atoms with van der Waals surface area (Å²) in [6.45, 7) is 3.10. The van der Waals surface area contributed by atoms with Crippen LogP contribution in [-0.2, 0) is 27.9 Å². The second-order valence-electron chi connectivity index (χ2n) is 8.80. The second-order valence-corrected chi connectivity index (χ2v) is 11.0. The van der Waals surface area contributed by atoms with Gasteiger partial charge in [-0.05, 0) is 6.42 Å². The summed E-state index contributed by atoms with van der Waals surface area (Å²) >= 11 is 0. The molecular formula is C25H51O7P. The van der Waals surface area contributed by atoms with Crippen molar-refractivity contribution in [2.45, 2.75) is 122 Å². The first-order chi connectivity index (χ1) is 16.0. The molecule has 8 heteroatoms. The van der Waals surface area contributed by atoms with Gasteiger partial charge in [0.2, 0.25) is 5.85 Å². The van der Waals surface area contributed by atoms with E-state index in [4.69, 9.17) is 14.0 Å². The molecule has 33 heavy (non-hydrogen) atoms. The normalized spacial score (nSPS) is 15.3. The molecule has 0 aliphatic rings. The highest BCUT2D eigenvalue weighted by Gasteiger charge is 2.34. The van der Waals surface area contributed by atoms with Crippen LogP contribution >= 0.6 is 7.60 Å². The van der Waals surface area contributed by atoms with Gasteiger partial charge in [0, 0.05) is 20.8 Å². The van der Waals surface area contributed by atoms with Gasteiger partial charge in [-0.1, -0.05) is 103 Å². The molecule has 1 N–H and O–H groups in total. The van der Waals surface area contributed by atoms with Crippen molar-refractivity contribution in [1.29, 1.82) is 0 Å². The highest BCUT2D eigenvalue weighted by atomic mass is 31.2. The largest absolute Gasteiger partial charge is 0.379 e. The molecule has 2 unspecified atom stereocenters. The minimum Gasteiger partial charge on any atom is -0.379 e. The molecule has 0 spiro atoms. The topological polar surface area (TPSA) is 91.3 Å². The van der Waals surface area contributed by atoms with E-state index in [0.29, 0.717) is 6.61 Å². The molecule has 0 saturated heterocycles. The molecule has 0 heterocycles. The lowest BCUT2D eigenvalue weighted by atomic mass is 10.0. The summed E-state index contributed by atoms with van der Waals surface area (Å²) in [6, 6.07) is 0. The smallest absolute Gasteiger partial charge is 0.366 e. The summed E-state index contributed by atoms with van der Waals surface area (Å²) in [7, 11) is -1.26. The van der Waals surface area contributed by atoms with E-state index in [9.17, 15) is 14.5 Å². The Morgan fingerprint density at radius 1 is 0.758 bits per heavy atom. The van der Waals surface area contributed by atoms with E-state index in [1.54, 1.807) is 0 Å². The Morgan fingerprint density at radius 2 is 1.21 bits per heavy atom. The number of rotatable bonds is 26. The number of carbonyl (C=O) groups excluding carboxylic acids is 1. The molecule has 0 aromatic heterocycles. The lowest BCUT2D eigenvalue weighted by Gasteiger charge is -2.21. The monoisotopic (exact) mass is 494 g/mol. The molecule has 0 radical (unpaired) electrons. The Hall–Kier alpha value is -0.300. The fourth-order valence-electron chi connectivity index (χ4n) is 3.65. The highest BCUT2D eigenvalue weighted by Crippen LogP contribution is 2.50. The number of aliphatic hydroxyl groups is 1. The third-order valence-electron chi connectivity index (χ3n) is 5.92. The Morgan fingerprint density at radius 3 is 1.61 bits per heavy atom. The summed E-state index contributed by atoms with van der Waals surface area (Å²) in [5, 5.41) is 9.45. The van der Waals surface area contributed by atoms with Crippen LogP contribution < -0.4 is 0 Å². The molecule has 0 bridgehead atoms. The van der Waals surface area contributed by atoms with E-state index in [0.717, 1.165) is 20.0 Å². The molecule has 7 nitrogen and oxygen atoms in total. The van der Waals surface area contributed by atoms with Crippen LogP contribution in [0.1, 0.15) is 110 Å². The fourth-order valence-corrected chi connectivity index (χ4v) is 4.65. The van der Waals surface area contributed by atoms with E-state index < -0.39 is 19.5 Å². The Labute approximate surface area is 202 Å². The predicted octanol–water partition coefficient (Wildman–Crippen LogP) is 6.65. The van der Waals surface area contributed by atoms with Crippen molar-refractivity contribution in [3.05, 3.63) is 0 Å². The van der Waals surface area contributed by atoms with Gasteiger partial charge in [0.1, 0.15) is 6.10 Å². The van der Waals surface area contributed by atoms with Gasteiger partial charge in [0.25, 0.3) is 0 Å². The molecule has 0 fully saturated rings. The van der Waals surface area contributed by atoms with Crippen molar-refractivity contribution in [3.8, 4) is 0 Å². The summed E-state index contributed by atoms with van der Waals surface area (Å²) in [5.41, 5.74) is 0. The molecule has 3 atom stereocenters. The molecule has 0 rings (SSSR count). The third kappa shape index (κ3) is 18.7. The minimum atomic E-state index is -3.88. The maximum atomic E-state index is 12.2. The number of hydrogen-bond acceptors (Lipinski definition) is 7. The number of unbranched alkanes of at least 4 members (excludes halogenated alkanes) is 15. The maximum absolute atomic E-state index is 12.2. The van der Waals surface area contributed by atoms with Gasteiger partial charge in [-0.15, -0.1) is 0 Å². The standard InChI is InChI=1S/C25H51O7P/c1-4-5-6-7-8-9-10-11-12-13-14-15-16-17-18-19-20-31-22-24(29-2)23-32-33(28,30-3)25(27)21-26/h21,24-25,27H,4-20,22-23H2,1-3H3/t24-,25?,33?/m1/s1. The summed E-state index contributed by atoms with van der Waals surface area (Å²) in [4.78, 5) is 10.6. The molecule has 198 valence electrons. The van der Waals surface area contributed by atoms with Gasteiger partial charge >= 0.3 is 7.60 Å². The number of aliphatic hydroxyl groups excluding tert-OH is 1. The zero-order chi connectivity index (χ0) is 24.6. The molecule has 0 saturated carbocycles. The van der Waals surface area contributed by atoms with E-state index in [2.05, 4.69) is 11.4 Å². The quantitative estimate of drug-likeness (QED) is 0.0817. The number of hydrogen-bond donors (Lipinski definition) is 1. The average molecular weight is 495 g/mol. The molecule has 0 aromatic rings. The molecule has 0 aliphatic heterocycles. The van der Waals surface area contributed by atoms with Gasteiger partial charge in [0.05, 0.1) is 13.2 Å². The zero-order valence-corrected chi connectivity index (χ0v) is 22.4. The lowest BCUT2D eigenvalue weighted by molar-refractivity contribution is -0.112. The number of carbonyl (C=O) groups is 1. The molecule has 0 aliphatic carbocycles. The maximum Gasteiger partial charge on any atom is 0.366 e. The van der Waals surface area contributed by atoms with E-state index in [-0.39, 0.29) is 19.5 Å². The number of aldehydes is 1. The SMILES string of the molecule is CCCCCCCCCCCCCCCCCCOC[C@H](COP(=O)(OC)C(O)C=O)OC. The van der Waals surface area contributed by atoms with Crippen LogP contribution in [0.5, 0.6) is 0 Å². The van der Waals surface area contributed by atoms with Crippen molar-refractivity contribution in [3.63, 3.8) is 0 Å². The van der Waals surface area contributed by atoms with Crippen LogP contribution in [-0.4, -0.2) is 57.4 Å². The van der Waals surface area contributed by atoms with E-state index >= 15 is 0 Å². The number of ether oxygens (including phenoxy) is 2. The fraction of sp³-hybridized carbons (Fsp3) is 0.960. The Balaban J connectivity index is 3.49. The van der Waals surface area contributed by atoms with Crippen molar-refractivity contribution in [2.75, 3.05) is 34.0 Å². The van der Waals surface area contributed by atoms with Crippen LogP contribution in [0.2, 0.25) is 0 Å². The summed E-state index contributed by atoms with van der Waals surface area (Å²) in [6.07, 6.45) is 21.0. The highest BCUT2D eigenvalue weighted by molar-refractivity contribution is 7.55. The van der Waals surface area contributed by atoms with Crippen molar-refractivity contribution >= 4 is 13.9 Å². The molecule has 0 aromatic carbocycles. The molecule has 0 amide bonds. The zero-order valence-electron chi connectivity index (χ0n) is 21.5. The number of methoxy groups -OCH3 is 1. The van der Waals surface area contributed by atoms with Gasteiger partial charge < -0.3 is 23.6 Å². The Kier molecular flexibility index (Phi) is 23.2. The van der Waals surface area contributed by atoms with Crippen LogP contribution in [0.4, 0.5) is 0 Å². The van der Waals surface area contributed by atoms with E-state index in [1.165, 1.54) is 97.0 Å². The lowest BCUT2D eigenvalue weighted by Crippen LogP contribution is -2.26. The van der Waals surface area contributed by atoms with Crippen LogP contribution in [0, 0.1) is 0 Å². The van der Waals surface area contributed by atoms with Crippen molar-refractivity contribution in [1.82, 2.24) is 0 Å². The van der Waals surface area contributed by atoms with Crippen LogP contribution in [0.25, 0.3) is 0 Å².